The normalized spacial score (nSPS) is 10.3. The summed E-state index contributed by atoms with van der Waals surface area (Å²) in [5.41, 5.74) is 6.38. The van der Waals surface area contributed by atoms with Crippen LogP contribution in [0.1, 0.15) is 17.4 Å². The van der Waals surface area contributed by atoms with Crippen molar-refractivity contribution >= 4 is 57.8 Å². The van der Waals surface area contributed by atoms with Crippen LogP contribution >= 0.6 is 35.4 Å². The molecule has 0 aliphatic carbocycles. The number of nitrogens with one attached hydrogen (secondary N) is 2. The number of hydrogen-bond acceptors (Lipinski definition) is 3. The lowest BCUT2D eigenvalue weighted by molar-refractivity contribution is 0.0995. The zero-order valence-corrected chi connectivity index (χ0v) is 13.9. The maximum atomic E-state index is 11.4. The fourth-order valence-corrected chi connectivity index (χ4v) is 2.30. The highest BCUT2D eigenvalue weighted by molar-refractivity contribution is 7.80. The second-order valence-electron chi connectivity index (χ2n) is 4.29. The number of carbonyl (C=O) groups excluding carboxylic acids is 1. The molecule has 0 aliphatic heterocycles. The lowest BCUT2D eigenvalue weighted by Gasteiger charge is -2.11. The number of nitrogens with zero attached hydrogens (tertiary/aromatic N) is 2. The molecule has 1 amide bonds. The van der Waals surface area contributed by atoms with Crippen LogP contribution in [0.4, 0.5) is 11.4 Å². The van der Waals surface area contributed by atoms with Gasteiger partial charge in [-0.15, -0.1) is 0 Å². The molecule has 4 N–H and O–H groups in total. The standard InChI is InChI=1S/C13H13Cl2N5OS/c1-2-20-6-9(11(19-20)12(16)21)18-13(22)17-8-5-3-4-7(14)10(8)15/h3-6H,2H2,1H3,(H2,16,21)(H2,17,18,22). The summed E-state index contributed by atoms with van der Waals surface area (Å²) in [6.07, 6.45) is 1.65. The van der Waals surface area contributed by atoms with Gasteiger partial charge in [0.25, 0.3) is 5.91 Å². The number of nitrogens with two attached hydrogens (primary N) is 1. The molecule has 0 bridgehead atoms. The van der Waals surface area contributed by atoms with Gasteiger partial charge in [0.1, 0.15) is 0 Å². The van der Waals surface area contributed by atoms with E-state index in [2.05, 4.69) is 15.7 Å². The molecule has 116 valence electrons. The van der Waals surface area contributed by atoms with Crippen molar-refractivity contribution in [3.63, 3.8) is 0 Å². The Hall–Kier alpha value is -1.83. The number of thiocarbonyl (C=S) groups is 1. The molecule has 1 aromatic heterocycles. The molecule has 2 aromatic rings. The van der Waals surface area contributed by atoms with Gasteiger partial charge < -0.3 is 16.4 Å². The Morgan fingerprint density at radius 2 is 2.05 bits per heavy atom. The third-order valence-electron chi connectivity index (χ3n) is 2.77. The van der Waals surface area contributed by atoms with Gasteiger partial charge in [-0.3, -0.25) is 9.48 Å². The number of hydrogen-bond donors (Lipinski definition) is 3. The van der Waals surface area contributed by atoms with Crippen molar-refractivity contribution in [1.82, 2.24) is 9.78 Å². The smallest absolute Gasteiger partial charge is 0.271 e. The van der Waals surface area contributed by atoms with Crippen LogP contribution in [0, 0.1) is 0 Å². The molecule has 0 atom stereocenters. The van der Waals surface area contributed by atoms with Crippen LogP contribution in [0.3, 0.4) is 0 Å². The zero-order valence-electron chi connectivity index (χ0n) is 11.6. The summed E-state index contributed by atoms with van der Waals surface area (Å²) in [4.78, 5) is 11.4. The number of halogens is 2. The molecule has 1 aromatic carbocycles. The number of aryl methyl sites for hydroxylation is 1. The molecular weight excluding hydrogens is 345 g/mol. The predicted octanol–water partition coefficient (Wildman–Crippen LogP) is 3.12. The number of amides is 1. The Bertz CT molecular complexity index is 731. The summed E-state index contributed by atoms with van der Waals surface area (Å²) < 4.78 is 1.58. The second kappa shape index (κ2) is 6.95. The maximum Gasteiger partial charge on any atom is 0.271 e. The van der Waals surface area contributed by atoms with Gasteiger partial charge in [0.05, 0.1) is 21.4 Å². The molecule has 2 rings (SSSR count). The average Bonchev–Trinajstić information content (AvgIpc) is 2.87. The van der Waals surface area contributed by atoms with E-state index in [9.17, 15) is 4.79 Å². The largest absolute Gasteiger partial charge is 0.364 e. The lowest BCUT2D eigenvalue weighted by Crippen LogP contribution is -2.22. The summed E-state index contributed by atoms with van der Waals surface area (Å²) in [6.45, 7) is 2.49. The van der Waals surface area contributed by atoms with E-state index >= 15 is 0 Å². The van der Waals surface area contributed by atoms with Crippen molar-refractivity contribution in [3.8, 4) is 0 Å². The highest BCUT2D eigenvalue weighted by atomic mass is 35.5. The minimum atomic E-state index is -0.640. The molecule has 9 heteroatoms. The number of aromatic nitrogens is 2. The molecule has 0 fully saturated rings. The van der Waals surface area contributed by atoms with Gasteiger partial charge in [0.15, 0.2) is 10.8 Å². The van der Waals surface area contributed by atoms with E-state index in [1.807, 2.05) is 6.92 Å². The fraction of sp³-hybridized carbons (Fsp3) is 0.154. The van der Waals surface area contributed by atoms with E-state index in [1.54, 1.807) is 29.1 Å². The first-order chi connectivity index (χ1) is 10.4. The Labute approximate surface area is 142 Å². The van der Waals surface area contributed by atoms with Gasteiger partial charge in [0.2, 0.25) is 0 Å². The first-order valence-electron chi connectivity index (χ1n) is 6.31. The molecule has 1 heterocycles. The molecule has 22 heavy (non-hydrogen) atoms. The van der Waals surface area contributed by atoms with Crippen LogP contribution in [0.5, 0.6) is 0 Å². The van der Waals surface area contributed by atoms with Crippen LogP contribution in [-0.2, 0) is 6.54 Å². The number of anilines is 2. The van der Waals surface area contributed by atoms with Gasteiger partial charge in [-0.2, -0.15) is 5.10 Å². The monoisotopic (exact) mass is 357 g/mol. The SMILES string of the molecule is CCn1cc(NC(=S)Nc2cccc(Cl)c2Cl)c(C(N)=O)n1. The molecule has 0 saturated carbocycles. The molecule has 0 aliphatic rings. The van der Waals surface area contributed by atoms with Crippen molar-refractivity contribution in [1.29, 1.82) is 0 Å². The van der Waals surface area contributed by atoms with Crippen LogP contribution in [0.2, 0.25) is 10.0 Å². The second-order valence-corrected chi connectivity index (χ2v) is 5.49. The molecule has 0 saturated heterocycles. The maximum absolute atomic E-state index is 11.4. The minimum Gasteiger partial charge on any atom is -0.364 e. The van der Waals surface area contributed by atoms with Crippen LogP contribution in [-0.4, -0.2) is 20.8 Å². The Morgan fingerprint density at radius 3 is 2.68 bits per heavy atom. The quantitative estimate of drug-likeness (QED) is 0.732. The van der Waals surface area contributed by atoms with Crippen molar-refractivity contribution < 1.29 is 4.79 Å². The first kappa shape index (κ1) is 16.5. The van der Waals surface area contributed by atoms with E-state index in [1.165, 1.54) is 0 Å². The van der Waals surface area contributed by atoms with Gasteiger partial charge >= 0.3 is 0 Å². The van der Waals surface area contributed by atoms with E-state index < -0.39 is 5.91 Å². The summed E-state index contributed by atoms with van der Waals surface area (Å²) >= 11 is 17.2. The van der Waals surface area contributed by atoms with Crippen molar-refractivity contribution in [2.45, 2.75) is 13.5 Å². The molecule has 0 unspecified atom stereocenters. The Balaban J connectivity index is 2.17. The number of rotatable bonds is 4. The van der Waals surface area contributed by atoms with Crippen molar-refractivity contribution in [2.75, 3.05) is 10.6 Å². The summed E-state index contributed by atoms with van der Waals surface area (Å²) in [7, 11) is 0. The van der Waals surface area contributed by atoms with Crippen molar-refractivity contribution in [2.24, 2.45) is 5.73 Å². The summed E-state index contributed by atoms with van der Waals surface area (Å²) in [5.74, 6) is -0.640. The fourth-order valence-electron chi connectivity index (χ4n) is 1.73. The minimum absolute atomic E-state index is 0.114. The molecule has 6 nitrogen and oxygen atoms in total. The highest BCUT2D eigenvalue weighted by Crippen LogP contribution is 2.29. The summed E-state index contributed by atoms with van der Waals surface area (Å²) in [5, 5.41) is 10.8. The van der Waals surface area contributed by atoms with Crippen molar-refractivity contribution in [3.05, 3.63) is 40.1 Å². The average molecular weight is 358 g/mol. The topological polar surface area (TPSA) is 85.0 Å². The number of primary amides is 1. The van der Waals surface area contributed by atoms with Crippen LogP contribution in [0.15, 0.2) is 24.4 Å². The van der Waals surface area contributed by atoms with Gasteiger partial charge in [-0.05, 0) is 31.3 Å². The summed E-state index contributed by atoms with van der Waals surface area (Å²) in [6, 6.07) is 5.14. The van der Waals surface area contributed by atoms with Gasteiger partial charge in [-0.25, -0.2) is 0 Å². The molecular formula is C13H13Cl2N5OS. The van der Waals surface area contributed by atoms with Crippen LogP contribution < -0.4 is 16.4 Å². The van der Waals surface area contributed by atoms with E-state index in [-0.39, 0.29) is 10.8 Å². The Morgan fingerprint density at radius 1 is 1.36 bits per heavy atom. The highest BCUT2D eigenvalue weighted by Gasteiger charge is 2.15. The van der Waals surface area contributed by atoms with E-state index in [4.69, 9.17) is 41.2 Å². The third kappa shape index (κ3) is 3.68. The molecule has 0 radical (unpaired) electrons. The van der Waals surface area contributed by atoms with Gasteiger partial charge in [0, 0.05) is 12.7 Å². The predicted molar refractivity (Wildman–Crippen MR) is 92.7 cm³/mol. The van der Waals surface area contributed by atoms with E-state index in [0.29, 0.717) is 28.0 Å². The third-order valence-corrected chi connectivity index (χ3v) is 3.79. The zero-order chi connectivity index (χ0) is 16.3. The first-order valence-corrected chi connectivity index (χ1v) is 7.48. The Kier molecular flexibility index (Phi) is 5.23. The van der Waals surface area contributed by atoms with E-state index in [0.717, 1.165) is 0 Å². The number of carbonyl (C=O) groups is 1. The van der Waals surface area contributed by atoms with Crippen LogP contribution in [0.25, 0.3) is 0 Å². The number of benzene rings is 1. The van der Waals surface area contributed by atoms with Gasteiger partial charge in [-0.1, -0.05) is 29.3 Å². The lowest BCUT2D eigenvalue weighted by atomic mass is 10.3. The molecule has 0 spiro atoms.